The van der Waals surface area contributed by atoms with E-state index in [1.165, 1.54) is 11.6 Å². The summed E-state index contributed by atoms with van der Waals surface area (Å²) in [7, 11) is 0. The number of hydrogen-bond acceptors (Lipinski definition) is 1. The fourth-order valence-electron chi connectivity index (χ4n) is 1.75. The number of aromatic nitrogens is 1. The van der Waals surface area contributed by atoms with E-state index in [2.05, 4.69) is 15.9 Å². The van der Waals surface area contributed by atoms with Crippen molar-refractivity contribution in [1.29, 1.82) is 0 Å². The van der Waals surface area contributed by atoms with Gasteiger partial charge in [-0.15, -0.1) is 0 Å². The van der Waals surface area contributed by atoms with Crippen LogP contribution in [0.3, 0.4) is 0 Å². The molecule has 17 heavy (non-hydrogen) atoms. The van der Waals surface area contributed by atoms with E-state index in [0.717, 1.165) is 10.9 Å². The molecule has 0 atom stereocenters. The Morgan fingerprint density at radius 2 is 2.12 bits per heavy atom. The Morgan fingerprint density at radius 1 is 1.29 bits per heavy atom. The molecule has 1 aromatic carbocycles. The summed E-state index contributed by atoms with van der Waals surface area (Å²) < 4.78 is 16.4. The second-order valence-electron chi connectivity index (χ2n) is 3.97. The lowest BCUT2D eigenvalue weighted by atomic mass is 10.2. The van der Waals surface area contributed by atoms with Crippen molar-refractivity contribution in [1.82, 2.24) is 4.57 Å². The van der Waals surface area contributed by atoms with Gasteiger partial charge in [0, 0.05) is 29.0 Å². The Bertz CT molecular complexity index is 508. The van der Waals surface area contributed by atoms with Gasteiger partial charge in [0.15, 0.2) is 0 Å². The molecule has 4 heteroatoms. The topological polar surface area (TPSA) is 30.9 Å². The van der Waals surface area contributed by atoms with E-state index in [0.29, 0.717) is 18.7 Å². The highest BCUT2D eigenvalue weighted by atomic mass is 79.9. The normalized spacial score (nSPS) is 10.8. The number of benzene rings is 1. The zero-order valence-electron chi connectivity index (χ0n) is 9.37. The first kappa shape index (κ1) is 12.3. The minimum Gasteiger partial charge on any atom is -0.350 e. The zero-order chi connectivity index (χ0) is 12.3. The average molecular weight is 297 g/mol. The molecule has 0 aliphatic rings. The quantitative estimate of drug-likeness (QED) is 0.924. The predicted molar refractivity (Wildman–Crippen MR) is 70.4 cm³/mol. The second kappa shape index (κ2) is 5.47. The van der Waals surface area contributed by atoms with Crippen molar-refractivity contribution in [2.45, 2.75) is 13.0 Å². The van der Waals surface area contributed by atoms with Crippen LogP contribution in [0.15, 0.2) is 41.1 Å². The average Bonchev–Trinajstić information content (AvgIpc) is 2.71. The Hall–Kier alpha value is -1.13. The molecule has 2 nitrogen and oxygen atoms in total. The Labute approximate surface area is 108 Å². The maximum Gasteiger partial charge on any atom is 0.129 e. The summed E-state index contributed by atoms with van der Waals surface area (Å²) in [6.45, 7) is 1.18. The van der Waals surface area contributed by atoms with Crippen LogP contribution < -0.4 is 5.73 Å². The SMILES string of the molecule is NCCc1ccn(Cc2ccc(Br)cc2F)c1. The summed E-state index contributed by atoms with van der Waals surface area (Å²) in [5.74, 6) is -0.187. The van der Waals surface area contributed by atoms with Gasteiger partial charge in [-0.3, -0.25) is 0 Å². The summed E-state index contributed by atoms with van der Waals surface area (Å²) in [6.07, 6.45) is 4.82. The first-order valence-corrected chi connectivity index (χ1v) is 6.27. The minimum atomic E-state index is -0.187. The molecule has 0 saturated carbocycles. The fraction of sp³-hybridized carbons (Fsp3) is 0.231. The predicted octanol–water partition coefficient (Wildman–Crippen LogP) is 2.94. The summed E-state index contributed by atoms with van der Waals surface area (Å²) in [6, 6.07) is 7.15. The Balaban J connectivity index is 2.13. The molecule has 2 rings (SSSR count). The molecule has 0 saturated heterocycles. The van der Waals surface area contributed by atoms with E-state index in [4.69, 9.17) is 5.73 Å². The lowest BCUT2D eigenvalue weighted by molar-refractivity contribution is 0.599. The lowest BCUT2D eigenvalue weighted by Crippen LogP contribution is -2.02. The molecule has 0 spiro atoms. The molecule has 0 bridgehead atoms. The van der Waals surface area contributed by atoms with Crippen molar-refractivity contribution >= 4 is 15.9 Å². The van der Waals surface area contributed by atoms with Crippen LogP contribution in [0.4, 0.5) is 4.39 Å². The molecule has 1 heterocycles. The third-order valence-electron chi connectivity index (χ3n) is 2.61. The molecular weight excluding hydrogens is 283 g/mol. The zero-order valence-corrected chi connectivity index (χ0v) is 11.0. The Morgan fingerprint density at radius 3 is 2.82 bits per heavy atom. The monoisotopic (exact) mass is 296 g/mol. The van der Waals surface area contributed by atoms with Gasteiger partial charge in [-0.25, -0.2) is 4.39 Å². The van der Waals surface area contributed by atoms with Crippen LogP contribution in [0.2, 0.25) is 0 Å². The molecular formula is C13H14BrFN2. The molecule has 2 N–H and O–H groups in total. The van der Waals surface area contributed by atoms with Crippen LogP contribution in [0.5, 0.6) is 0 Å². The molecule has 0 aliphatic carbocycles. The van der Waals surface area contributed by atoms with E-state index >= 15 is 0 Å². The summed E-state index contributed by atoms with van der Waals surface area (Å²) in [5.41, 5.74) is 7.36. The minimum absolute atomic E-state index is 0.187. The Kier molecular flexibility index (Phi) is 3.97. The summed E-state index contributed by atoms with van der Waals surface area (Å²) in [5, 5.41) is 0. The number of halogens is 2. The number of nitrogens with zero attached hydrogens (tertiary/aromatic N) is 1. The number of hydrogen-bond donors (Lipinski definition) is 1. The standard InChI is InChI=1S/C13H14BrFN2/c14-12-2-1-11(13(15)7-12)9-17-6-4-10(8-17)3-5-16/h1-2,4,6-8H,3,5,9,16H2. The van der Waals surface area contributed by atoms with Crippen LogP contribution >= 0.6 is 15.9 Å². The van der Waals surface area contributed by atoms with Gasteiger partial charge in [-0.05, 0) is 36.7 Å². The molecule has 0 aliphatic heterocycles. The van der Waals surface area contributed by atoms with Gasteiger partial charge >= 0.3 is 0 Å². The first-order valence-electron chi connectivity index (χ1n) is 5.47. The first-order chi connectivity index (χ1) is 8.19. The van der Waals surface area contributed by atoms with Gasteiger partial charge in [0.05, 0.1) is 0 Å². The fourth-order valence-corrected chi connectivity index (χ4v) is 2.08. The molecule has 0 amide bonds. The van der Waals surface area contributed by atoms with E-state index < -0.39 is 0 Å². The van der Waals surface area contributed by atoms with Crippen molar-refractivity contribution in [2.75, 3.05) is 6.54 Å². The number of nitrogens with two attached hydrogens (primary N) is 1. The van der Waals surface area contributed by atoms with Crippen molar-refractivity contribution in [2.24, 2.45) is 5.73 Å². The van der Waals surface area contributed by atoms with E-state index in [9.17, 15) is 4.39 Å². The van der Waals surface area contributed by atoms with Gasteiger partial charge in [-0.2, -0.15) is 0 Å². The molecule has 0 radical (unpaired) electrons. The smallest absolute Gasteiger partial charge is 0.129 e. The maximum atomic E-state index is 13.6. The van der Waals surface area contributed by atoms with Crippen molar-refractivity contribution < 1.29 is 4.39 Å². The molecule has 2 aromatic rings. The van der Waals surface area contributed by atoms with E-state index in [-0.39, 0.29) is 5.82 Å². The number of rotatable bonds is 4. The highest BCUT2D eigenvalue weighted by Crippen LogP contribution is 2.16. The molecule has 0 unspecified atom stereocenters. The highest BCUT2D eigenvalue weighted by molar-refractivity contribution is 9.10. The summed E-state index contributed by atoms with van der Waals surface area (Å²) in [4.78, 5) is 0. The van der Waals surface area contributed by atoms with E-state index in [1.54, 1.807) is 6.07 Å². The highest BCUT2D eigenvalue weighted by Gasteiger charge is 2.04. The van der Waals surface area contributed by atoms with Crippen molar-refractivity contribution in [3.63, 3.8) is 0 Å². The lowest BCUT2D eigenvalue weighted by Gasteiger charge is -2.05. The van der Waals surface area contributed by atoms with Crippen LogP contribution in [-0.4, -0.2) is 11.1 Å². The van der Waals surface area contributed by atoms with Gasteiger partial charge in [0.1, 0.15) is 5.82 Å². The molecule has 1 aromatic heterocycles. The van der Waals surface area contributed by atoms with Gasteiger partial charge < -0.3 is 10.3 Å². The van der Waals surface area contributed by atoms with Crippen LogP contribution in [0.25, 0.3) is 0 Å². The largest absolute Gasteiger partial charge is 0.350 e. The van der Waals surface area contributed by atoms with Gasteiger partial charge in [0.2, 0.25) is 0 Å². The van der Waals surface area contributed by atoms with Gasteiger partial charge in [0.25, 0.3) is 0 Å². The molecule has 0 fully saturated rings. The van der Waals surface area contributed by atoms with Gasteiger partial charge in [-0.1, -0.05) is 22.0 Å². The third kappa shape index (κ3) is 3.17. The second-order valence-corrected chi connectivity index (χ2v) is 4.88. The van der Waals surface area contributed by atoms with Crippen molar-refractivity contribution in [3.05, 3.63) is 58.1 Å². The van der Waals surface area contributed by atoms with Crippen LogP contribution in [0, 0.1) is 5.82 Å². The van der Waals surface area contributed by atoms with Crippen LogP contribution in [-0.2, 0) is 13.0 Å². The third-order valence-corrected chi connectivity index (χ3v) is 3.11. The maximum absolute atomic E-state index is 13.6. The van der Waals surface area contributed by atoms with E-state index in [1.807, 2.05) is 29.1 Å². The molecule has 90 valence electrons. The summed E-state index contributed by atoms with van der Waals surface area (Å²) >= 11 is 3.25. The van der Waals surface area contributed by atoms with Crippen molar-refractivity contribution in [3.8, 4) is 0 Å². The van der Waals surface area contributed by atoms with Crippen LogP contribution in [0.1, 0.15) is 11.1 Å².